The lowest BCUT2D eigenvalue weighted by molar-refractivity contribution is -0.227. The number of rotatable bonds is 9. The zero-order valence-electron chi connectivity index (χ0n) is 16.7. The minimum Gasteiger partial charge on any atom is -0.464 e. The lowest BCUT2D eigenvalue weighted by Crippen LogP contribution is -2.42. The van der Waals surface area contributed by atoms with Crippen LogP contribution in [0.4, 0.5) is 0 Å². The molecule has 1 amide bonds. The molecule has 0 saturated carbocycles. The highest BCUT2D eigenvalue weighted by molar-refractivity contribution is 5.83. The first kappa shape index (κ1) is 22.0. The molecule has 156 valence electrons. The average Bonchev–Trinajstić information content (AvgIpc) is 3.05. The van der Waals surface area contributed by atoms with Gasteiger partial charge in [0.2, 0.25) is 5.91 Å². The van der Waals surface area contributed by atoms with Crippen LogP contribution in [0.25, 0.3) is 0 Å². The molecule has 2 heterocycles. The molecule has 2 saturated heterocycles. The second-order valence-corrected chi connectivity index (χ2v) is 7.42. The number of nitrogens with one attached hydrogen (secondary N) is 1. The van der Waals surface area contributed by atoms with Gasteiger partial charge in [0.1, 0.15) is 18.2 Å². The van der Waals surface area contributed by atoms with Gasteiger partial charge < -0.3 is 34.7 Å². The van der Waals surface area contributed by atoms with Crippen LogP contribution >= 0.6 is 0 Å². The minimum atomic E-state index is -0.706. The third-order valence-corrected chi connectivity index (χ3v) is 4.65. The molecule has 2 fully saturated rings. The van der Waals surface area contributed by atoms with E-state index in [-0.39, 0.29) is 36.9 Å². The minimum absolute atomic E-state index is 0.246. The highest BCUT2D eigenvalue weighted by Gasteiger charge is 2.55. The number of esters is 1. The molecule has 0 aromatic rings. The van der Waals surface area contributed by atoms with Crippen molar-refractivity contribution >= 4 is 11.9 Å². The number of nitrogens with two attached hydrogens (primary N) is 1. The van der Waals surface area contributed by atoms with E-state index in [4.69, 9.17) is 29.4 Å². The summed E-state index contributed by atoms with van der Waals surface area (Å²) in [5.41, 5.74) is 6.26. The number of ether oxygens (including phenoxy) is 5. The van der Waals surface area contributed by atoms with E-state index in [1.807, 2.05) is 13.8 Å². The molecule has 2 aliphatic heterocycles. The Bertz CT molecular complexity index is 528. The number of hydrogen-bond acceptors (Lipinski definition) is 8. The van der Waals surface area contributed by atoms with Crippen molar-refractivity contribution in [3.8, 4) is 0 Å². The maximum Gasteiger partial charge on any atom is 0.328 e. The summed E-state index contributed by atoms with van der Waals surface area (Å²) in [4.78, 5) is 23.3. The molecule has 0 radical (unpaired) electrons. The van der Waals surface area contributed by atoms with Crippen LogP contribution in [0.5, 0.6) is 0 Å². The van der Waals surface area contributed by atoms with Crippen molar-refractivity contribution < 1.29 is 33.3 Å². The van der Waals surface area contributed by atoms with Crippen LogP contribution in [-0.4, -0.2) is 68.1 Å². The van der Waals surface area contributed by atoms with Crippen LogP contribution in [0.1, 0.15) is 47.0 Å². The predicted molar refractivity (Wildman–Crippen MR) is 95.6 cm³/mol. The normalized spacial score (nSPS) is 31.2. The van der Waals surface area contributed by atoms with Crippen molar-refractivity contribution in [2.45, 2.75) is 89.4 Å². The highest BCUT2D eigenvalue weighted by atomic mass is 16.8. The Morgan fingerprint density at radius 1 is 1.22 bits per heavy atom. The molecule has 0 aliphatic carbocycles. The Labute approximate surface area is 160 Å². The first-order chi connectivity index (χ1) is 12.7. The van der Waals surface area contributed by atoms with Crippen LogP contribution in [0, 0.1) is 0 Å². The fourth-order valence-corrected chi connectivity index (χ4v) is 3.56. The van der Waals surface area contributed by atoms with E-state index in [0.717, 1.165) is 0 Å². The summed E-state index contributed by atoms with van der Waals surface area (Å²) in [6.45, 7) is 7.05. The molecule has 0 bridgehead atoms. The van der Waals surface area contributed by atoms with Crippen LogP contribution in [-0.2, 0) is 33.3 Å². The van der Waals surface area contributed by atoms with Crippen molar-refractivity contribution in [2.75, 3.05) is 13.7 Å². The molecule has 9 heteroatoms. The molecule has 0 spiro atoms. The molecular formula is C18H32N2O7. The van der Waals surface area contributed by atoms with Gasteiger partial charge in [-0.05, 0) is 40.0 Å². The van der Waals surface area contributed by atoms with Gasteiger partial charge in [-0.3, -0.25) is 4.79 Å². The lowest BCUT2D eigenvalue weighted by atomic mass is 9.98. The fourth-order valence-electron chi connectivity index (χ4n) is 3.56. The van der Waals surface area contributed by atoms with E-state index in [9.17, 15) is 9.59 Å². The molecule has 0 aromatic carbocycles. The maximum absolute atomic E-state index is 12.0. The van der Waals surface area contributed by atoms with Crippen LogP contribution in [0.15, 0.2) is 0 Å². The van der Waals surface area contributed by atoms with Gasteiger partial charge in [0.15, 0.2) is 12.1 Å². The van der Waals surface area contributed by atoms with E-state index < -0.39 is 24.1 Å². The standard InChI is InChI=1S/C18H32N2O7/c1-6-24-16(22)12(20-10(2)21)8-7-11(19)9-13-14-15(17(23-5)25-13)27-18(3,4)26-14/h11-15,17H,6-9,19H2,1-5H3,(H,20,21)/t11-,12-,13+,14+,15+,17+/m0/s1. The molecule has 0 unspecified atom stereocenters. The Hall–Kier alpha value is -1.26. The van der Waals surface area contributed by atoms with Gasteiger partial charge in [-0.1, -0.05) is 0 Å². The van der Waals surface area contributed by atoms with Gasteiger partial charge in [0.25, 0.3) is 0 Å². The van der Waals surface area contributed by atoms with Crippen LogP contribution in [0.3, 0.4) is 0 Å². The lowest BCUT2D eigenvalue weighted by Gasteiger charge is -2.25. The van der Waals surface area contributed by atoms with E-state index in [1.165, 1.54) is 6.92 Å². The molecule has 9 nitrogen and oxygen atoms in total. The van der Waals surface area contributed by atoms with Crippen molar-refractivity contribution in [2.24, 2.45) is 5.73 Å². The Balaban J connectivity index is 1.89. The predicted octanol–water partition coefficient (Wildman–Crippen LogP) is 0.443. The smallest absolute Gasteiger partial charge is 0.328 e. The highest BCUT2D eigenvalue weighted by Crippen LogP contribution is 2.40. The molecule has 3 N–H and O–H groups in total. The van der Waals surface area contributed by atoms with E-state index in [0.29, 0.717) is 19.3 Å². The molecule has 27 heavy (non-hydrogen) atoms. The van der Waals surface area contributed by atoms with Gasteiger partial charge in [0, 0.05) is 20.1 Å². The van der Waals surface area contributed by atoms with Crippen molar-refractivity contribution in [1.29, 1.82) is 0 Å². The summed E-state index contributed by atoms with van der Waals surface area (Å²) < 4.78 is 28.1. The summed E-state index contributed by atoms with van der Waals surface area (Å²) >= 11 is 0. The van der Waals surface area contributed by atoms with E-state index >= 15 is 0 Å². The third kappa shape index (κ3) is 5.86. The average molecular weight is 388 g/mol. The molecule has 2 rings (SSSR count). The summed E-state index contributed by atoms with van der Waals surface area (Å²) in [6, 6.07) is -0.952. The van der Waals surface area contributed by atoms with Gasteiger partial charge in [0.05, 0.1) is 12.7 Å². The third-order valence-electron chi connectivity index (χ3n) is 4.65. The Morgan fingerprint density at radius 2 is 1.89 bits per heavy atom. The largest absolute Gasteiger partial charge is 0.464 e. The number of carbonyl (C=O) groups excluding carboxylic acids is 2. The second-order valence-electron chi connectivity index (χ2n) is 7.42. The van der Waals surface area contributed by atoms with Crippen molar-refractivity contribution in [1.82, 2.24) is 5.32 Å². The van der Waals surface area contributed by atoms with Crippen LogP contribution < -0.4 is 11.1 Å². The van der Waals surface area contributed by atoms with Crippen molar-refractivity contribution in [3.63, 3.8) is 0 Å². The number of methoxy groups -OCH3 is 1. The summed E-state index contributed by atoms with van der Waals surface area (Å²) in [6.07, 6.45) is 0.107. The van der Waals surface area contributed by atoms with Gasteiger partial charge in [-0.15, -0.1) is 0 Å². The van der Waals surface area contributed by atoms with Gasteiger partial charge in [-0.2, -0.15) is 0 Å². The van der Waals surface area contributed by atoms with Crippen molar-refractivity contribution in [3.05, 3.63) is 0 Å². The SMILES string of the molecule is CCOC(=O)[C@H](CC[C@H](N)C[C@H]1O[C@@H](OC)[C@@H]2OC(C)(C)O[C@@H]21)NC(C)=O. The quantitative estimate of drug-likeness (QED) is 0.547. The zero-order chi connectivity index (χ0) is 20.2. The molecule has 0 aromatic heterocycles. The number of hydrogen-bond donors (Lipinski definition) is 2. The topological polar surface area (TPSA) is 118 Å². The van der Waals surface area contributed by atoms with E-state index in [1.54, 1.807) is 14.0 Å². The molecule has 6 atom stereocenters. The number of amides is 1. The fraction of sp³-hybridized carbons (Fsp3) is 0.889. The summed E-state index contributed by atoms with van der Waals surface area (Å²) in [5, 5.41) is 2.61. The monoisotopic (exact) mass is 388 g/mol. The zero-order valence-corrected chi connectivity index (χ0v) is 16.7. The van der Waals surface area contributed by atoms with E-state index in [2.05, 4.69) is 5.32 Å². The van der Waals surface area contributed by atoms with Crippen LogP contribution in [0.2, 0.25) is 0 Å². The summed E-state index contributed by atoms with van der Waals surface area (Å²) in [7, 11) is 1.57. The molecule has 2 aliphatic rings. The first-order valence-electron chi connectivity index (χ1n) is 9.40. The van der Waals surface area contributed by atoms with Gasteiger partial charge in [-0.25, -0.2) is 4.79 Å². The Morgan fingerprint density at radius 3 is 2.48 bits per heavy atom. The second kappa shape index (κ2) is 9.29. The number of carbonyl (C=O) groups is 2. The number of fused-ring (bicyclic) bond motifs is 1. The molecular weight excluding hydrogens is 356 g/mol. The Kier molecular flexibility index (Phi) is 7.58. The summed E-state index contributed by atoms with van der Waals surface area (Å²) in [5.74, 6) is -1.44. The van der Waals surface area contributed by atoms with Gasteiger partial charge >= 0.3 is 5.97 Å². The maximum atomic E-state index is 12.0. The first-order valence-corrected chi connectivity index (χ1v) is 9.40.